The Bertz CT molecular complexity index is 353. The third-order valence-corrected chi connectivity index (χ3v) is 2.92. The summed E-state index contributed by atoms with van der Waals surface area (Å²) in [7, 11) is 1.62. The molecular formula is C12H16FNO. The summed E-state index contributed by atoms with van der Waals surface area (Å²) in [4.78, 5) is 0. The molecule has 2 rings (SSSR count). The van der Waals surface area contributed by atoms with E-state index >= 15 is 0 Å². The molecule has 1 fully saturated rings. The van der Waals surface area contributed by atoms with Crippen molar-refractivity contribution in [2.24, 2.45) is 5.92 Å². The first-order chi connectivity index (χ1) is 7.20. The van der Waals surface area contributed by atoms with Gasteiger partial charge in [-0.25, -0.2) is 4.39 Å². The van der Waals surface area contributed by atoms with Gasteiger partial charge in [-0.05, 0) is 37.1 Å². The first-order valence-corrected chi connectivity index (χ1v) is 5.27. The van der Waals surface area contributed by atoms with Crippen LogP contribution in [-0.2, 0) is 0 Å². The lowest BCUT2D eigenvalue weighted by Gasteiger charge is -2.14. The first-order valence-electron chi connectivity index (χ1n) is 5.27. The summed E-state index contributed by atoms with van der Waals surface area (Å²) in [5, 5.41) is 3.38. The van der Waals surface area contributed by atoms with Crippen LogP contribution < -0.4 is 10.1 Å². The van der Waals surface area contributed by atoms with Gasteiger partial charge in [0.25, 0.3) is 0 Å². The van der Waals surface area contributed by atoms with Crippen LogP contribution in [0.15, 0.2) is 18.2 Å². The largest absolute Gasteiger partial charge is 0.496 e. The molecule has 2 nitrogen and oxygen atoms in total. The van der Waals surface area contributed by atoms with Crippen molar-refractivity contribution in [1.82, 2.24) is 5.32 Å². The summed E-state index contributed by atoms with van der Waals surface area (Å²) in [6.07, 6.45) is 1.04. The van der Waals surface area contributed by atoms with Crippen molar-refractivity contribution in [3.63, 3.8) is 0 Å². The van der Waals surface area contributed by atoms with E-state index in [1.165, 1.54) is 6.07 Å². The van der Waals surface area contributed by atoms with Gasteiger partial charge in [-0.3, -0.25) is 0 Å². The smallest absolute Gasteiger partial charge is 0.123 e. The average molecular weight is 209 g/mol. The van der Waals surface area contributed by atoms with E-state index in [1.807, 2.05) is 0 Å². The zero-order valence-electron chi connectivity index (χ0n) is 9.09. The minimum Gasteiger partial charge on any atom is -0.496 e. The highest BCUT2D eigenvalue weighted by Gasteiger charge is 2.24. The lowest BCUT2D eigenvalue weighted by molar-refractivity contribution is 0.401. The third-order valence-electron chi connectivity index (χ3n) is 2.92. The topological polar surface area (TPSA) is 21.3 Å². The molecule has 0 amide bonds. The summed E-state index contributed by atoms with van der Waals surface area (Å²) >= 11 is 0. The molecule has 0 spiro atoms. The van der Waals surface area contributed by atoms with E-state index in [4.69, 9.17) is 4.74 Å². The molecule has 2 unspecified atom stereocenters. The second kappa shape index (κ2) is 4.19. The van der Waals surface area contributed by atoms with E-state index in [1.54, 1.807) is 19.2 Å². The molecule has 1 aliphatic heterocycles. The van der Waals surface area contributed by atoms with Crippen LogP contribution >= 0.6 is 0 Å². The summed E-state index contributed by atoms with van der Waals surface area (Å²) in [6.45, 7) is 3.18. The Morgan fingerprint density at radius 1 is 1.47 bits per heavy atom. The number of ether oxygens (including phenoxy) is 1. The standard InChI is InChI=1S/C12H16FNO/c1-8-5-11(14-7-8)10-6-9(13)3-4-12(10)15-2/h3-4,6,8,11,14H,5,7H2,1-2H3. The molecule has 82 valence electrons. The van der Waals surface area contributed by atoms with Gasteiger partial charge in [-0.1, -0.05) is 6.92 Å². The predicted octanol–water partition coefficient (Wildman–Crippen LogP) is 2.50. The van der Waals surface area contributed by atoms with Gasteiger partial charge in [-0.2, -0.15) is 0 Å². The van der Waals surface area contributed by atoms with Gasteiger partial charge < -0.3 is 10.1 Å². The number of hydrogen-bond donors (Lipinski definition) is 1. The Morgan fingerprint density at radius 2 is 2.27 bits per heavy atom. The molecule has 0 saturated carbocycles. The van der Waals surface area contributed by atoms with Crippen molar-refractivity contribution in [3.05, 3.63) is 29.6 Å². The van der Waals surface area contributed by atoms with Gasteiger partial charge in [0.05, 0.1) is 7.11 Å². The highest BCUT2D eigenvalue weighted by atomic mass is 19.1. The highest BCUT2D eigenvalue weighted by Crippen LogP contribution is 2.33. The maximum Gasteiger partial charge on any atom is 0.123 e. The minimum atomic E-state index is -0.202. The fourth-order valence-corrected chi connectivity index (χ4v) is 2.13. The summed E-state index contributed by atoms with van der Waals surface area (Å²) in [5.41, 5.74) is 0.932. The van der Waals surface area contributed by atoms with Crippen LogP contribution in [-0.4, -0.2) is 13.7 Å². The molecule has 1 aromatic carbocycles. The number of halogens is 1. The molecule has 1 N–H and O–H groups in total. The summed E-state index contributed by atoms with van der Waals surface area (Å²) in [5.74, 6) is 1.21. The van der Waals surface area contributed by atoms with Crippen LogP contribution in [0.25, 0.3) is 0 Å². The van der Waals surface area contributed by atoms with Crippen molar-refractivity contribution in [2.75, 3.05) is 13.7 Å². The second-order valence-corrected chi connectivity index (χ2v) is 4.19. The lowest BCUT2D eigenvalue weighted by Crippen LogP contribution is -2.14. The lowest BCUT2D eigenvalue weighted by atomic mass is 10.0. The molecule has 1 aliphatic rings. The SMILES string of the molecule is COc1ccc(F)cc1C1CC(C)CN1. The number of methoxy groups -OCH3 is 1. The molecule has 15 heavy (non-hydrogen) atoms. The normalized spacial score (nSPS) is 25.5. The number of nitrogens with one attached hydrogen (secondary N) is 1. The molecule has 2 atom stereocenters. The quantitative estimate of drug-likeness (QED) is 0.808. The number of rotatable bonds is 2. The van der Waals surface area contributed by atoms with Crippen molar-refractivity contribution in [1.29, 1.82) is 0 Å². The van der Waals surface area contributed by atoms with Crippen LogP contribution in [0, 0.1) is 11.7 Å². The first kappa shape index (κ1) is 10.4. The van der Waals surface area contributed by atoms with Gasteiger partial charge in [-0.15, -0.1) is 0 Å². The van der Waals surface area contributed by atoms with E-state index in [0.717, 1.165) is 24.3 Å². The van der Waals surface area contributed by atoms with E-state index in [0.29, 0.717) is 5.92 Å². The molecular weight excluding hydrogens is 193 g/mol. The van der Waals surface area contributed by atoms with Crippen LogP contribution in [0.4, 0.5) is 4.39 Å². The fraction of sp³-hybridized carbons (Fsp3) is 0.500. The van der Waals surface area contributed by atoms with E-state index in [2.05, 4.69) is 12.2 Å². The Labute approximate surface area is 89.4 Å². The molecule has 1 heterocycles. The van der Waals surface area contributed by atoms with Crippen molar-refractivity contribution in [3.8, 4) is 5.75 Å². The molecule has 0 radical (unpaired) electrons. The van der Waals surface area contributed by atoms with Gasteiger partial charge in [0.1, 0.15) is 11.6 Å². The predicted molar refractivity (Wildman–Crippen MR) is 57.5 cm³/mol. The maximum absolute atomic E-state index is 13.2. The Hall–Kier alpha value is -1.09. The van der Waals surface area contributed by atoms with Crippen molar-refractivity contribution < 1.29 is 9.13 Å². The monoisotopic (exact) mass is 209 g/mol. The van der Waals surface area contributed by atoms with Crippen molar-refractivity contribution >= 4 is 0 Å². The minimum absolute atomic E-state index is 0.202. The molecule has 1 saturated heterocycles. The van der Waals surface area contributed by atoms with Gasteiger partial charge >= 0.3 is 0 Å². The van der Waals surface area contributed by atoms with Crippen LogP contribution in [0.5, 0.6) is 5.75 Å². The number of benzene rings is 1. The zero-order valence-corrected chi connectivity index (χ0v) is 9.09. The average Bonchev–Trinajstić information content (AvgIpc) is 2.65. The molecule has 3 heteroatoms. The van der Waals surface area contributed by atoms with Crippen molar-refractivity contribution in [2.45, 2.75) is 19.4 Å². The maximum atomic E-state index is 13.2. The summed E-state index contributed by atoms with van der Waals surface area (Å²) in [6, 6.07) is 4.91. The zero-order chi connectivity index (χ0) is 10.8. The number of hydrogen-bond acceptors (Lipinski definition) is 2. The van der Waals surface area contributed by atoms with Gasteiger partial charge in [0, 0.05) is 11.6 Å². The summed E-state index contributed by atoms with van der Waals surface area (Å²) < 4.78 is 18.4. The van der Waals surface area contributed by atoms with Crippen LogP contribution in [0.3, 0.4) is 0 Å². The third kappa shape index (κ3) is 2.12. The Kier molecular flexibility index (Phi) is 2.91. The molecule has 1 aromatic rings. The van der Waals surface area contributed by atoms with Gasteiger partial charge in [0.2, 0.25) is 0 Å². The van der Waals surface area contributed by atoms with E-state index < -0.39 is 0 Å². The fourth-order valence-electron chi connectivity index (χ4n) is 2.13. The molecule has 0 aromatic heterocycles. The Morgan fingerprint density at radius 3 is 2.87 bits per heavy atom. The molecule has 0 bridgehead atoms. The van der Waals surface area contributed by atoms with Crippen LogP contribution in [0.2, 0.25) is 0 Å². The van der Waals surface area contributed by atoms with Gasteiger partial charge in [0.15, 0.2) is 0 Å². The molecule has 0 aliphatic carbocycles. The highest BCUT2D eigenvalue weighted by molar-refractivity contribution is 5.37. The second-order valence-electron chi connectivity index (χ2n) is 4.19. The van der Waals surface area contributed by atoms with Crippen LogP contribution in [0.1, 0.15) is 24.9 Å². The van der Waals surface area contributed by atoms with E-state index in [-0.39, 0.29) is 11.9 Å². The van der Waals surface area contributed by atoms with E-state index in [9.17, 15) is 4.39 Å². The Balaban J connectivity index is 2.29.